The van der Waals surface area contributed by atoms with Crippen molar-refractivity contribution in [1.29, 1.82) is 0 Å². The van der Waals surface area contributed by atoms with Crippen molar-refractivity contribution in [2.75, 3.05) is 6.54 Å². The van der Waals surface area contributed by atoms with Crippen molar-refractivity contribution in [3.05, 3.63) is 40.4 Å². The van der Waals surface area contributed by atoms with Gasteiger partial charge in [0.1, 0.15) is 0 Å². The first kappa shape index (κ1) is 8.22. The fourth-order valence-corrected chi connectivity index (χ4v) is 2.66. The first-order valence-corrected chi connectivity index (χ1v) is 5.57. The number of rotatable bonds is 0. The van der Waals surface area contributed by atoms with E-state index < -0.39 is 0 Å². The maximum Gasteiger partial charge on any atom is 0.0709 e. The third kappa shape index (κ3) is 0.915. The van der Waals surface area contributed by atoms with Gasteiger partial charge in [-0.25, -0.2) is 0 Å². The Labute approximate surface area is 92.7 Å². The summed E-state index contributed by atoms with van der Waals surface area (Å²) in [7, 11) is 0. The molecule has 0 amide bonds. The largest absolute Gasteiger partial charge is 0.285 e. The monoisotopic (exact) mass is 206 g/mol. The summed E-state index contributed by atoms with van der Waals surface area (Å²) in [4.78, 5) is 8.88. The number of aliphatic imine (C=N–C) groups is 1. The maximum absolute atomic E-state index is 4.52. The van der Waals surface area contributed by atoms with Gasteiger partial charge < -0.3 is 0 Å². The molecule has 0 atom stereocenters. The van der Waals surface area contributed by atoms with E-state index >= 15 is 0 Å². The first-order valence-electron chi connectivity index (χ1n) is 5.57. The molecule has 0 spiro atoms. The molecule has 0 radical (unpaired) electrons. The van der Waals surface area contributed by atoms with Crippen molar-refractivity contribution < 1.29 is 0 Å². The molecule has 0 saturated heterocycles. The van der Waals surface area contributed by atoms with Gasteiger partial charge in [0.25, 0.3) is 0 Å². The average Bonchev–Trinajstić information content (AvgIpc) is 2.96. The molecule has 76 valence electrons. The molecule has 2 heterocycles. The van der Waals surface area contributed by atoms with E-state index in [1.54, 1.807) is 0 Å². The minimum Gasteiger partial charge on any atom is -0.285 e. The number of hydrogen-bond acceptors (Lipinski definition) is 2. The molecule has 2 heteroatoms. The van der Waals surface area contributed by atoms with Gasteiger partial charge in [0.05, 0.1) is 11.0 Å². The Balaban J connectivity index is 2.32. The Kier molecular flexibility index (Phi) is 1.43. The van der Waals surface area contributed by atoms with E-state index in [1.807, 2.05) is 6.21 Å². The second-order valence-electron chi connectivity index (χ2n) is 4.24. The number of benzene rings is 2. The van der Waals surface area contributed by atoms with Crippen LogP contribution in [-0.4, -0.2) is 12.8 Å². The minimum absolute atomic E-state index is 0.930. The Bertz CT molecular complexity index is 754. The molecule has 0 unspecified atom stereocenters. The fourth-order valence-electron chi connectivity index (χ4n) is 2.66. The van der Waals surface area contributed by atoms with E-state index in [2.05, 4.69) is 40.3 Å². The zero-order valence-corrected chi connectivity index (χ0v) is 8.77. The predicted octanol–water partition coefficient (Wildman–Crippen LogP) is 1.51. The van der Waals surface area contributed by atoms with Gasteiger partial charge in [-0.3, -0.25) is 9.98 Å². The van der Waals surface area contributed by atoms with Crippen molar-refractivity contribution >= 4 is 28.8 Å². The molecule has 2 aliphatic heterocycles. The number of nitrogens with zero attached hydrogens (tertiary/aromatic N) is 2. The van der Waals surface area contributed by atoms with Crippen LogP contribution in [0, 0.1) is 0 Å². The standard InChI is InChI=1S/C14H10N2/c1-3-12-10(5-7-15-12)14-9(1)2-4-13-11(14)6-8-16-13/h1-5,7H,6,8H2. The van der Waals surface area contributed by atoms with E-state index in [0.717, 1.165) is 18.7 Å². The Morgan fingerprint density at radius 3 is 3.00 bits per heavy atom. The first-order chi connectivity index (χ1) is 7.93. The lowest BCUT2D eigenvalue weighted by Crippen LogP contribution is -2.10. The Hall–Kier alpha value is -1.96. The summed E-state index contributed by atoms with van der Waals surface area (Å²) in [5.41, 5.74) is 2.49. The van der Waals surface area contributed by atoms with Crippen molar-refractivity contribution in [1.82, 2.24) is 0 Å². The summed E-state index contributed by atoms with van der Waals surface area (Å²) in [5, 5.41) is 5.10. The molecular weight excluding hydrogens is 196 g/mol. The highest BCUT2D eigenvalue weighted by atomic mass is 14.7. The molecule has 0 aliphatic carbocycles. The van der Waals surface area contributed by atoms with Gasteiger partial charge in [-0.2, -0.15) is 0 Å². The van der Waals surface area contributed by atoms with E-state index in [1.165, 1.54) is 26.9 Å². The highest BCUT2D eigenvalue weighted by Crippen LogP contribution is 2.20. The number of hydrogen-bond donors (Lipinski definition) is 0. The molecular formula is C14H10N2. The van der Waals surface area contributed by atoms with Gasteiger partial charge in [0.15, 0.2) is 0 Å². The van der Waals surface area contributed by atoms with Crippen molar-refractivity contribution in [3.63, 3.8) is 0 Å². The molecule has 0 fully saturated rings. The summed E-state index contributed by atoms with van der Waals surface area (Å²) in [5.74, 6) is 0. The topological polar surface area (TPSA) is 24.7 Å². The van der Waals surface area contributed by atoms with Crippen LogP contribution in [0.15, 0.2) is 34.3 Å². The lowest BCUT2D eigenvalue weighted by atomic mass is 10.00. The van der Waals surface area contributed by atoms with Gasteiger partial charge in [0, 0.05) is 18.0 Å². The average molecular weight is 206 g/mol. The lowest BCUT2D eigenvalue weighted by Gasteiger charge is -2.04. The Morgan fingerprint density at radius 2 is 2.00 bits per heavy atom. The van der Waals surface area contributed by atoms with Crippen LogP contribution in [0.4, 0.5) is 5.69 Å². The van der Waals surface area contributed by atoms with E-state index in [-0.39, 0.29) is 0 Å². The molecule has 0 saturated carbocycles. The van der Waals surface area contributed by atoms with Crippen molar-refractivity contribution in [3.8, 4) is 0 Å². The van der Waals surface area contributed by atoms with Gasteiger partial charge in [-0.05, 0) is 41.0 Å². The third-order valence-electron chi connectivity index (χ3n) is 3.39. The second-order valence-corrected chi connectivity index (χ2v) is 4.24. The summed E-state index contributed by atoms with van der Waals surface area (Å²) in [6, 6.07) is 8.54. The summed E-state index contributed by atoms with van der Waals surface area (Å²) in [6.07, 6.45) is 5.06. The summed E-state index contributed by atoms with van der Waals surface area (Å²) in [6.45, 7) is 0.930. The third-order valence-corrected chi connectivity index (χ3v) is 3.39. The zero-order valence-electron chi connectivity index (χ0n) is 8.77. The van der Waals surface area contributed by atoms with Crippen molar-refractivity contribution in [2.24, 2.45) is 9.98 Å². The lowest BCUT2D eigenvalue weighted by molar-refractivity contribution is 1.03. The minimum atomic E-state index is 0.930. The highest BCUT2D eigenvalue weighted by molar-refractivity contribution is 6.03. The van der Waals surface area contributed by atoms with Crippen LogP contribution in [0.2, 0.25) is 0 Å². The van der Waals surface area contributed by atoms with E-state index in [4.69, 9.17) is 0 Å². The van der Waals surface area contributed by atoms with Gasteiger partial charge in [-0.15, -0.1) is 0 Å². The summed E-state index contributed by atoms with van der Waals surface area (Å²) < 4.78 is 0. The summed E-state index contributed by atoms with van der Waals surface area (Å²) >= 11 is 0. The van der Waals surface area contributed by atoms with Crippen LogP contribution in [0.5, 0.6) is 0 Å². The fraction of sp³-hybridized carbons (Fsp3) is 0.143. The van der Waals surface area contributed by atoms with Gasteiger partial charge in [-0.1, -0.05) is 12.1 Å². The normalized spacial score (nSPS) is 15.8. The van der Waals surface area contributed by atoms with E-state index in [0.29, 0.717) is 0 Å². The maximum atomic E-state index is 4.52. The number of fused-ring (bicyclic) bond motifs is 5. The molecule has 4 rings (SSSR count). The molecule has 0 bridgehead atoms. The van der Waals surface area contributed by atoms with Crippen LogP contribution >= 0.6 is 0 Å². The zero-order chi connectivity index (χ0) is 10.5. The highest BCUT2D eigenvalue weighted by Gasteiger charge is 2.12. The van der Waals surface area contributed by atoms with Crippen LogP contribution in [-0.2, 0) is 6.42 Å². The van der Waals surface area contributed by atoms with Crippen LogP contribution in [0.3, 0.4) is 0 Å². The second kappa shape index (κ2) is 2.79. The predicted molar refractivity (Wildman–Crippen MR) is 65.9 cm³/mol. The van der Waals surface area contributed by atoms with Crippen LogP contribution in [0.25, 0.3) is 16.8 Å². The van der Waals surface area contributed by atoms with E-state index in [9.17, 15) is 0 Å². The molecule has 2 aromatic rings. The molecule has 2 nitrogen and oxygen atoms in total. The molecule has 0 aromatic heterocycles. The van der Waals surface area contributed by atoms with Gasteiger partial charge in [0.2, 0.25) is 0 Å². The van der Waals surface area contributed by atoms with Crippen molar-refractivity contribution in [2.45, 2.75) is 6.42 Å². The molecule has 2 aromatic carbocycles. The molecule has 16 heavy (non-hydrogen) atoms. The van der Waals surface area contributed by atoms with Crippen LogP contribution in [0.1, 0.15) is 5.56 Å². The van der Waals surface area contributed by atoms with Gasteiger partial charge >= 0.3 is 0 Å². The smallest absolute Gasteiger partial charge is 0.0709 e. The molecule has 2 aliphatic rings. The quantitative estimate of drug-likeness (QED) is 0.624. The van der Waals surface area contributed by atoms with Crippen LogP contribution < -0.4 is 10.6 Å². The molecule has 0 N–H and O–H groups in total. The Morgan fingerprint density at radius 1 is 1.06 bits per heavy atom. The SMILES string of the molecule is C1=Nc2ccc3ccc4c(c3c2=C1)CCN=4.